The van der Waals surface area contributed by atoms with Crippen LogP contribution < -0.4 is 28.6 Å². The molecule has 3 aromatic heterocycles. The summed E-state index contributed by atoms with van der Waals surface area (Å²) in [5, 5.41) is 20.7. The van der Waals surface area contributed by atoms with Gasteiger partial charge in [0.1, 0.15) is 52.8 Å². The van der Waals surface area contributed by atoms with Crippen molar-refractivity contribution < 1.29 is 42.8 Å². The first-order valence-corrected chi connectivity index (χ1v) is 18.0. The number of anilines is 1. The van der Waals surface area contributed by atoms with Gasteiger partial charge in [0, 0.05) is 55.5 Å². The Morgan fingerprint density at radius 2 is 1.56 bits per heavy atom. The Hall–Kier alpha value is -5.77. The van der Waals surface area contributed by atoms with Crippen LogP contribution in [0.3, 0.4) is 0 Å². The van der Waals surface area contributed by atoms with E-state index in [0.717, 1.165) is 11.1 Å². The average Bonchev–Trinajstić information content (AvgIpc) is 3.81. The summed E-state index contributed by atoms with van der Waals surface area (Å²) in [7, 11) is 6.42. The van der Waals surface area contributed by atoms with Crippen LogP contribution in [-0.2, 0) is 24.4 Å². The number of ether oxygens (including phenoxy) is 6. The van der Waals surface area contributed by atoms with Gasteiger partial charge in [-0.2, -0.15) is 4.98 Å². The fourth-order valence-electron chi connectivity index (χ4n) is 6.51. The Morgan fingerprint density at radius 1 is 0.945 bits per heavy atom. The zero-order valence-electron chi connectivity index (χ0n) is 32.6. The molecule has 1 N–H and O–H groups in total. The number of hydrogen-bond acceptors (Lipinski definition) is 14. The summed E-state index contributed by atoms with van der Waals surface area (Å²) in [5.41, 5.74) is 2.50. The van der Waals surface area contributed by atoms with Gasteiger partial charge in [0.25, 0.3) is 0 Å². The van der Waals surface area contributed by atoms with Gasteiger partial charge in [-0.05, 0) is 70.7 Å². The van der Waals surface area contributed by atoms with E-state index in [1.807, 2.05) is 62.1 Å². The zero-order chi connectivity index (χ0) is 39.3. The molecule has 5 aromatic rings. The van der Waals surface area contributed by atoms with Gasteiger partial charge in [-0.3, -0.25) is 0 Å². The van der Waals surface area contributed by atoms with Crippen LogP contribution in [0.1, 0.15) is 68.0 Å². The molecule has 294 valence electrons. The highest BCUT2D eigenvalue weighted by atomic mass is 16.6. The Morgan fingerprint density at radius 3 is 2.09 bits per heavy atom. The first-order chi connectivity index (χ1) is 26.4. The number of nitrogens with zero attached hydrogens (tertiary/aromatic N) is 7. The zero-order valence-corrected chi connectivity index (χ0v) is 32.6. The SMILES string of the molecule is COc1ccc(CN(Cc2ccc(OC)cc2OC)c2nc(OCc3cc(C)on3)nn3c(C(O)C4CCN(C(=O)OC(C)(C)C)CC4)cnc23)c(OC)c1. The molecule has 16 heteroatoms. The van der Waals surface area contributed by atoms with Crippen LogP contribution in [0.4, 0.5) is 10.6 Å². The molecular weight excluding hydrogens is 710 g/mol. The number of benzene rings is 2. The lowest BCUT2D eigenvalue weighted by Crippen LogP contribution is -2.42. The van der Waals surface area contributed by atoms with Crippen LogP contribution in [0.5, 0.6) is 29.0 Å². The molecule has 16 nitrogen and oxygen atoms in total. The molecular formula is C39H49N7O9. The summed E-state index contributed by atoms with van der Waals surface area (Å²) in [4.78, 5) is 26.2. The largest absolute Gasteiger partial charge is 0.497 e. The monoisotopic (exact) mass is 759 g/mol. The lowest BCUT2D eigenvalue weighted by Gasteiger charge is -2.35. The Bertz CT molecular complexity index is 2030. The number of carbonyl (C=O) groups is 1. The molecule has 1 aliphatic heterocycles. The van der Waals surface area contributed by atoms with E-state index in [2.05, 4.69) is 5.16 Å². The summed E-state index contributed by atoms with van der Waals surface area (Å²) in [6, 6.07) is 13.0. The minimum absolute atomic E-state index is 0.0303. The fraction of sp³-hybridized carbons (Fsp3) is 0.462. The molecule has 1 fully saturated rings. The van der Waals surface area contributed by atoms with E-state index in [9.17, 15) is 9.90 Å². The quantitative estimate of drug-likeness (QED) is 0.142. The van der Waals surface area contributed by atoms with Crippen molar-refractivity contribution in [3.63, 3.8) is 0 Å². The molecule has 2 aromatic carbocycles. The molecule has 0 radical (unpaired) electrons. The summed E-state index contributed by atoms with van der Waals surface area (Å²) in [6.45, 7) is 8.87. The summed E-state index contributed by atoms with van der Waals surface area (Å²) in [6.07, 6.45) is 1.41. The van der Waals surface area contributed by atoms with E-state index in [1.54, 1.807) is 57.0 Å². The molecule has 1 unspecified atom stereocenters. The number of rotatable bonds is 14. The number of aliphatic hydroxyl groups excluding tert-OH is 1. The van der Waals surface area contributed by atoms with Crippen molar-refractivity contribution in [1.29, 1.82) is 0 Å². The number of aliphatic hydroxyl groups is 1. The number of methoxy groups -OCH3 is 4. The topological polar surface area (TPSA) is 168 Å². The molecule has 1 amide bonds. The normalized spacial score (nSPS) is 14.1. The summed E-state index contributed by atoms with van der Waals surface area (Å²) in [5.74, 6) is 3.42. The van der Waals surface area contributed by atoms with Crippen molar-refractivity contribution in [3.05, 3.63) is 76.9 Å². The number of piperidine rings is 1. The average molecular weight is 760 g/mol. The molecule has 1 saturated heterocycles. The van der Waals surface area contributed by atoms with Crippen molar-refractivity contribution in [3.8, 4) is 29.0 Å². The second-order valence-corrected chi connectivity index (χ2v) is 14.3. The third-order valence-electron chi connectivity index (χ3n) is 9.33. The van der Waals surface area contributed by atoms with Gasteiger partial charge in [-0.1, -0.05) is 5.16 Å². The van der Waals surface area contributed by atoms with Gasteiger partial charge in [0.2, 0.25) is 0 Å². The molecule has 4 heterocycles. The number of imidazole rings is 1. The predicted molar refractivity (Wildman–Crippen MR) is 201 cm³/mol. The minimum atomic E-state index is -0.957. The van der Waals surface area contributed by atoms with Crippen molar-refractivity contribution in [2.75, 3.05) is 46.4 Å². The number of amides is 1. The lowest BCUT2D eigenvalue weighted by atomic mass is 9.90. The van der Waals surface area contributed by atoms with Crippen molar-refractivity contribution in [2.24, 2.45) is 5.92 Å². The third kappa shape index (κ3) is 9.13. The Kier molecular flexibility index (Phi) is 11.8. The van der Waals surface area contributed by atoms with Gasteiger partial charge in [0.05, 0.1) is 40.3 Å². The number of likely N-dealkylation sites (tertiary alicyclic amines) is 1. The van der Waals surface area contributed by atoms with Gasteiger partial charge in [-0.25, -0.2) is 14.3 Å². The van der Waals surface area contributed by atoms with Crippen LogP contribution >= 0.6 is 0 Å². The van der Waals surface area contributed by atoms with Gasteiger partial charge in [-0.15, -0.1) is 5.10 Å². The molecule has 1 atom stereocenters. The molecule has 6 rings (SSSR count). The van der Waals surface area contributed by atoms with Crippen LogP contribution in [0.15, 0.2) is 53.2 Å². The lowest BCUT2D eigenvalue weighted by molar-refractivity contribution is 0.00687. The maximum Gasteiger partial charge on any atom is 0.410 e. The highest BCUT2D eigenvalue weighted by Gasteiger charge is 2.33. The van der Waals surface area contributed by atoms with E-state index in [0.29, 0.717) is 90.6 Å². The van der Waals surface area contributed by atoms with Crippen LogP contribution in [0, 0.1) is 12.8 Å². The van der Waals surface area contributed by atoms with Crippen LogP contribution in [0.25, 0.3) is 5.65 Å². The standard InChI is InChI=1S/C39H49N7O9/c1-24-17-28(43-55-24)23-53-37-41-36(35-40-20-31(46(35)42-37)34(47)25-13-15-44(16-14-25)38(48)54-39(2,3)4)45(21-26-9-11-29(49-5)18-32(26)51-7)22-27-10-12-30(50-6)19-33(27)52-8/h9-12,17-20,25,34,47H,13-16,21-23H2,1-8H3. The highest BCUT2D eigenvalue weighted by Crippen LogP contribution is 2.36. The maximum absolute atomic E-state index is 12.8. The smallest absolute Gasteiger partial charge is 0.410 e. The second-order valence-electron chi connectivity index (χ2n) is 14.3. The first kappa shape index (κ1) is 38.9. The van der Waals surface area contributed by atoms with E-state index in [4.69, 9.17) is 48.0 Å². The fourth-order valence-corrected chi connectivity index (χ4v) is 6.51. The molecule has 0 spiro atoms. The van der Waals surface area contributed by atoms with E-state index in [1.165, 1.54) is 0 Å². The summed E-state index contributed by atoms with van der Waals surface area (Å²) >= 11 is 0. The molecule has 55 heavy (non-hydrogen) atoms. The predicted octanol–water partition coefficient (Wildman–Crippen LogP) is 5.92. The molecule has 0 saturated carbocycles. The third-order valence-corrected chi connectivity index (χ3v) is 9.33. The first-order valence-electron chi connectivity index (χ1n) is 18.0. The summed E-state index contributed by atoms with van der Waals surface area (Å²) < 4.78 is 41.1. The van der Waals surface area contributed by atoms with E-state index < -0.39 is 11.7 Å². The molecule has 0 aliphatic carbocycles. The van der Waals surface area contributed by atoms with Gasteiger partial charge in [0.15, 0.2) is 11.5 Å². The molecule has 0 bridgehead atoms. The maximum atomic E-state index is 12.8. The van der Waals surface area contributed by atoms with Gasteiger partial charge >= 0.3 is 12.1 Å². The highest BCUT2D eigenvalue weighted by molar-refractivity contribution is 5.68. The Labute approximate surface area is 319 Å². The van der Waals surface area contributed by atoms with Crippen molar-refractivity contribution >= 4 is 17.6 Å². The van der Waals surface area contributed by atoms with Crippen LogP contribution in [-0.4, -0.2) is 88.0 Å². The van der Waals surface area contributed by atoms with E-state index >= 15 is 0 Å². The molecule has 1 aliphatic rings. The number of fused-ring (bicyclic) bond motifs is 1. The second kappa shape index (κ2) is 16.7. The van der Waals surface area contributed by atoms with Gasteiger partial charge < -0.3 is 47.9 Å². The van der Waals surface area contributed by atoms with Crippen LogP contribution in [0.2, 0.25) is 0 Å². The number of aromatic nitrogens is 5. The number of hydrogen-bond donors (Lipinski definition) is 1. The minimum Gasteiger partial charge on any atom is -0.497 e. The van der Waals surface area contributed by atoms with E-state index in [-0.39, 0.29) is 24.6 Å². The number of aryl methyl sites for hydroxylation is 1. The van der Waals surface area contributed by atoms with Crippen molar-refractivity contribution in [2.45, 2.75) is 71.9 Å². The Balaban J connectivity index is 1.41. The number of carbonyl (C=O) groups excluding carboxylic acids is 1. The van der Waals surface area contributed by atoms with Crippen molar-refractivity contribution in [1.82, 2.24) is 29.6 Å².